The zero-order valence-corrected chi connectivity index (χ0v) is 10.7. The second-order valence-corrected chi connectivity index (χ2v) is 4.27. The third kappa shape index (κ3) is 5.48. The van der Waals surface area contributed by atoms with Crippen LogP contribution in [0.2, 0.25) is 0 Å². The van der Waals surface area contributed by atoms with E-state index in [9.17, 15) is 4.79 Å². The Balaban J connectivity index is 2.21. The van der Waals surface area contributed by atoms with Crippen molar-refractivity contribution in [1.82, 2.24) is 5.48 Å². The molecule has 0 amide bonds. The molecular weight excluding hydrogens is 222 g/mol. The van der Waals surface area contributed by atoms with Crippen molar-refractivity contribution in [3.63, 3.8) is 0 Å². The molecule has 1 rings (SSSR count). The molecule has 1 N–H and O–H groups in total. The van der Waals surface area contributed by atoms with Gasteiger partial charge in [-0.15, -0.1) is 0 Å². The lowest BCUT2D eigenvalue weighted by Crippen LogP contribution is -2.37. The van der Waals surface area contributed by atoms with Gasteiger partial charge in [-0.25, -0.2) is 0 Å². The van der Waals surface area contributed by atoms with Gasteiger partial charge in [0.05, 0.1) is 25.7 Å². The number of hydrogen-bond acceptors (Lipinski definition) is 5. The molecule has 1 aliphatic rings. The highest BCUT2D eigenvalue weighted by Crippen LogP contribution is 2.25. The van der Waals surface area contributed by atoms with Crippen LogP contribution in [0, 0.1) is 5.92 Å². The molecule has 0 radical (unpaired) electrons. The van der Waals surface area contributed by atoms with Crippen LogP contribution in [0.4, 0.5) is 0 Å². The Kier molecular flexibility index (Phi) is 7.16. The Bertz CT molecular complexity index is 223. The van der Waals surface area contributed by atoms with Gasteiger partial charge in [0.15, 0.2) is 0 Å². The molecule has 2 unspecified atom stereocenters. The lowest BCUT2D eigenvalue weighted by Gasteiger charge is -2.27. The largest absolute Gasteiger partial charge is 0.466 e. The summed E-state index contributed by atoms with van der Waals surface area (Å²) in [5.74, 6) is -0.0527. The molecule has 0 bridgehead atoms. The summed E-state index contributed by atoms with van der Waals surface area (Å²) in [6.45, 7) is 3.39. The number of methoxy groups -OCH3 is 1. The van der Waals surface area contributed by atoms with E-state index in [1.54, 1.807) is 7.11 Å². The van der Waals surface area contributed by atoms with E-state index < -0.39 is 0 Å². The first kappa shape index (κ1) is 14.4. The highest BCUT2D eigenvalue weighted by atomic mass is 16.7. The number of esters is 1. The van der Waals surface area contributed by atoms with Gasteiger partial charge >= 0.3 is 5.97 Å². The minimum Gasteiger partial charge on any atom is -0.466 e. The van der Waals surface area contributed by atoms with Crippen molar-refractivity contribution in [3.05, 3.63) is 0 Å². The number of nitrogens with one attached hydrogen (secondary N) is 1. The second kappa shape index (κ2) is 8.44. The van der Waals surface area contributed by atoms with E-state index in [0.717, 1.165) is 25.7 Å². The van der Waals surface area contributed by atoms with Crippen LogP contribution in [-0.4, -0.2) is 38.9 Å². The fourth-order valence-corrected chi connectivity index (χ4v) is 2.07. The number of hydroxylamine groups is 1. The molecule has 5 nitrogen and oxygen atoms in total. The predicted molar refractivity (Wildman–Crippen MR) is 63.3 cm³/mol. The van der Waals surface area contributed by atoms with Crippen LogP contribution in [-0.2, 0) is 19.1 Å². The summed E-state index contributed by atoms with van der Waals surface area (Å²) in [5.41, 5.74) is 3.00. The van der Waals surface area contributed by atoms with Crippen LogP contribution in [0.25, 0.3) is 0 Å². The van der Waals surface area contributed by atoms with Crippen LogP contribution in [0.5, 0.6) is 0 Å². The van der Waals surface area contributed by atoms with Crippen molar-refractivity contribution in [3.8, 4) is 0 Å². The molecule has 0 aromatic heterocycles. The van der Waals surface area contributed by atoms with Crippen molar-refractivity contribution in [1.29, 1.82) is 0 Å². The van der Waals surface area contributed by atoms with Crippen LogP contribution in [0.15, 0.2) is 0 Å². The van der Waals surface area contributed by atoms with E-state index in [1.807, 2.05) is 6.92 Å². The van der Waals surface area contributed by atoms with E-state index in [0.29, 0.717) is 19.8 Å². The number of hydrogen-bond donors (Lipinski definition) is 1. The lowest BCUT2D eigenvalue weighted by atomic mass is 9.86. The number of carbonyl (C=O) groups excluding carboxylic acids is 1. The Morgan fingerprint density at radius 3 is 2.88 bits per heavy atom. The molecule has 1 saturated carbocycles. The number of rotatable bonds is 7. The predicted octanol–water partition coefficient (Wildman–Crippen LogP) is 1.28. The van der Waals surface area contributed by atoms with Gasteiger partial charge in [0.1, 0.15) is 0 Å². The normalized spacial score (nSPS) is 24.6. The molecule has 1 fully saturated rings. The molecule has 0 aromatic rings. The highest BCUT2D eigenvalue weighted by molar-refractivity contribution is 5.72. The first-order chi connectivity index (χ1) is 8.27. The third-order valence-corrected chi connectivity index (χ3v) is 2.93. The van der Waals surface area contributed by atoms with E-state index in [2.05, 4.69) is 5.48 Å². The Morgan fingerprint density at radius 2 is 2.18 bits per heavy atom. The minimum atomic E-state index is -0.0732. The topological polar surface area (TPSA) is 56.8 Å². The summed E-state index contributed by atoms with van der Waals surface area (Å²) in [7, 11) is 1.64. The third-order valence-electron chi connectivity index (χ3n) is 2.93. The standard InChI is InChI=1S/C12H23NO4/c1-3-16-12(14)10-5-4-6-11(9-10)13-17-8-7-15-2/h10-11,13H,3-9H2,1-2H3. The fourth-order valence-electron chi connectivity index (χ4n) is 2.07. The maximum Gasteiger partial charge on any atom is 0.308 e. The van der Waals surface area contributed by atoms with Crippen LogP contribution in [0.3, 0.4) is 0 Å². The molecule has 0 aromatic carbocycles. The van der Waals surface area contributed by atoms with Gasteiger partial charge in [-0.1, -0.05) is 6.42 Å². The van der Waals surface area contributed by atoms with Crippen molar-refractivity contribution in [2.24, 2.45) is 5.92 Å². The quantitative estimate of drug-likeness (QED) is 0.416. The first-order valence-corrected chi connectivity index (χ1v) is 6.30. The molecule has 0 saturated heterocycles. The summed E-state index contributed by atoms with van der Waals surface area (Å²) in [6.07, 6.45) is 3.80. The van der Waals surface area contributed by atoms with E-state index in [-0.39, 0.29) is 17.9 Å². The molecule has 100 valence electrons. The summed E-state index contributed by atoms with van der Waals surface area (Å²) < 4.78 is 9.93. The fraction of sp³-hybridized carbons (Fsp3) is 0.917. The summed E-state index contributed by atoms with van der Waals surface area (Å²) in [5, 5.41) is 0. The molecular formula is C12H23NO4. The number of carbonyl (C=O) groups is 1. The van der Waals surface area contributed by atoms with Crippen molar-refractivity contribution in [2.75, 3.05) is 26.9 Å². The van der Waals surface area contributed by atoms with E-state index in [4.69, 9.17) is 14.3 Å². The molecule has 2 atom stereocenters. The van der Waals surface area contributed by atoms with Gasteiger partial charge in [-0.2, -0.15) is 5.48 Å². The van der Waals surface area contributed by atoms with Gasteiger partial charge in [-0.3, -0.25) is 9.63 Å². The zero-order valence-electron chi connectivity index (χ0n) is 10.7. The SMILES string of the molecule is CCOC(=O)C1CCCC(NOCCOC)C1. The van der Waals surface area contributed by atoms with Crippen molar-refractivity contribution in [2.45, 2.75) is 38.6 Å². The molecule has 17 heavy (non-hydrogen) atoms. The Hall–Kier alpha value is -0.650. The molecule has 0 heterocycles. The summed E-state index contributed by atoms with van der Waals surface area (Å²) >= 11 is 0. The summed E-state index contributed by atoms with van der Waals surface area (Å²) in [4.78, 5) is 16.9. The molecule has 0 aliphatic heterocycles. The average Bonchev–Trinajstić information content (AvgIpc) is 2.35. The lowest BCUT2D eigenvalue weighted by molar-refractivity contribution is -0.150. The summed E-state index contributed by atoms with van der Waals surface area (Å²) in [6, 6.07) is 0.245. The monoisotopic (exact) mass is 245 g/mol. The van der Waals surface area contributed by atoms with Gasteiger partial charge in [0.25, 0.3) is 0 Å². The second-order valence-electron chi connectivity index (χ2n) is 4.27. The van der Waals surface area contributed by atoms with Gasteiger partial charge in [-0.05, 0) is 26.2 Å². The molecule has 5 heteroatoms. The van der Waals surface area contributed by atoms with Crippen molar-refractivity contribution >= 4 is 5.97 Å². The van der Waals surface area contributed by atoms with Gasteiger partial charge in [0.2, 0.25) is 0 Å². The first-order valence-electron chi connectivity index (χ1n) is 6.30. The van der Waals surface area contributed by atoms with Crippen LogP contribution in [0.1, 0.15) is 32.6 Å². The van der Waals surface area contributed by atoms with Crippen LogP contribution >= 0.6 is 0 Å². The van der Waals surface area contributed by atoms with Gasteiger partial charge in [0, 0.05) is 13.2 Å². The number of ether oxygens (including phenoxy) is 2. The maximum atomic E-state index is 11.6. The van der Waals surface area contributed by atoms with E-state index in [1.165, 1.54) is 0 Å². The van der Waals surface area contributed by atoms with E-state index >= 15 is 0 Å². The smallest absolute Gasteiger partial charge is 0.308 e. The van der Waals surface area contributed by atoms with Gasteiger partial charge < -0.3 is 9.47 Å². The molecule has 0 spiro atoms. The maximum absolute atomic E-state index is 11.6. The Morgan fingerprint density at radius 1 is 1.35 bits per heavy atom. The van der Waals surface area contributed by atoms with Crippen LogP contribution < -0.4 is 5.48 Å². The van der Waals surface area contributed by atoms with Crippen molar-refractivity contribution < 1.29 is 19.1 Å². The average molecular weight is 245 g/mol. The highest BCUT2D eigenvalue weighted by Gasteiger charge is 2.28. The Labute approximate surface area is 103 Å². The minimum absolute atomic E-state index is 0.0206. The molecule has 1 aliphatic carbocycles. The zero-order chi connectivity index (χ0) is 12.5.